The summed E-state index contributed by atoms with van der Waals surface area (Å²) >= 11 is 3.44. The average Bonchev–Trinajstić information content (AvgIpc) is 2.72. The topological polar surface area (TPSA) is 52.0 Å². The van der Waals surface area contributed by atoms with Crippen molar-refractivity contribution in [1.29, 1.82) is 0 Å². The van der Waals surface area contributed by atoms with Crippen molar-refractivity contribution in [1.82, 2.24) is 14.8 Å². The molecule has 1 heterocycles. The van der Waals surface area contributed by atoms with Crippen molar-refractivity contribution in [2.75, 3.05) is 12.4 Å². The number of hydrogen-bond acceptors (Lipinski definition) is 4. The van der Waals surface area contributed by atoms with E-state index < -0.39 is 0 Å². The molecular weight excluding hydrogens is 284 g/mol. The minimum atomic E-state index is 0.634. The maximum atomic E-state index is 5.17. The van der Waals surface area contributed by atoms with Crippen molar-refractivity contribution in [2.45, 2.75) is 6.54 Å². The van der Waals surface area contributed by atoms with Crippen LogP contribution in [0.2, 0.25) is 0 Å². The third-order valence-electron chi connectivity index (χ3n) is 2.41. The highest BCUT2D eigenvalue weighted by atomic mass is 79.9. The molecule has 0 aliphatic heterocycles. The van der Waals surface area contributed by atoms with Gasteiger partial charge < -0.3 is 14.6 Å². The summed E-state index contributed by atoms with van der Waals surface area (Å²) in [4.78, 5) is 0. The molecule has 0 spiro atoms. The highest BCUT2D eigenvalue weighted by Crippen LogP contribution is 2.27. The molecule has 90 valence electrons. The van der Waals surface area contributed by atoms with Gasteiger partial charge in [-0.3, -0.25) is 0 Å². The van der Waals surface area contributed by atoms with Crippen molar-refractivity contribution in [3.05, 3.63) is 34.8 Å². The molecule has 6 heteroatoms. The van der Waals surface area contributed by atoms with E-state index in [1.165, 1.54) is 0 Å². The van der Waals surface area contributed by atoms with E-state index in [-0.39, 0.29) is 0 Å². The average molecular weight is 297 g/mol. The number of anilines is 1. The van der Waals surface area contributed by atoms with Gasteiger partial charge in [0.2, 0.25) is 0 Å². The number of ether oxygens (including phenoxy) is 1. The summed E-state index contributed by atoms with van der Waals surface area (Å²) in [5.41, 5.74) is 1.00. The molecule has 0 amide bonds. The number of halogens is 1. The van der Waals surface area contributed by atoms with Gasteiger partial charge in [-0.05, 0) is 34.1 Å². The van der Waals surface area contributed by atoms with Crippen molar-refractivity contribution in [3.63, 3.8) is 0 Å². The van der Waals surface area contributed by atoms with E-state index in [9.17, 15) is 0 Å². The minimum absolute atomic E-state index is 0.634. The molecule has 17 heavy (non-hydrogen) atoms. The van der Waals surface area contributed by atoms with Crippen LogP contribution in [0, 0.1) is 0 Å². The summed E-state index contributed by atoms with van der Waals surface area (Å²) in [5, 5.41) is 11.1. The Morgan fingerprint density at radius 2 is 2.29 bits per heavy atom. The third-order valence-corrected chi connectivity index (χ3v) is 3.03. The van der Waals surface area contributed by atoms with Gasteiger partial charge in [-0.2, -0.15) is 0 Å². The van der Waals surface area contributed by atoms with E-state index in [1.807, 2.05) is 29.8 Å². The molecular formula is C11H13BrN4O. The second kappa shape index (κ2) is 5.18. The van der Waals surface area contributed by atoms with E-state index in [1.54, 1.807) is 13.4 Å². The van der Waals surface area contributed by atoms with Crippen LogP contribution < -0.4 is 10.1 Å². The highest BCUT2D eigenvalue weighted by Gasteiger charge is 2.03. The number of hydrogen-bond donors (Lipinski definition) is 1. The number of nitrogens with zero attached hydrogens (tertiary/aromatic N) is 3. The zero-order chi connectivity index (χ0) is 12.3. The van der Waals surface area contributed by atoms with Crippen molar-refractivity contribution in [3.8, 4) is 5.75 Å². The number of aryl methyl sites for hydroxylation is 1. The van der Waals surface area contributed by atoms with Crippen LogP contribution in [0.15, 0.2) is 29.0 Å². The Balaban J connectivity index is 2.05. The molecule has 5 nitrogen and oxygen atoms in total. The lowest BCUT2D eigenvalue weighted by atomic mass is 10.3. The lowest BCUT2D eigenvalue weighted by Gasteiger charge is -2.08. The molecule has 2 rings (SSSR count). The Morgan fingerprint density at radius 1 is 1.47 bits per heavy atom. The fourth-order valence-corrected chi connectivity index (χ4v) is 1.97. The van der Waals surface area contributed by atoms with Gasteiger partial charge in [0.1, 0.15) is 12.1 Å². The van der Waals surface area contributed by atoms with E-state index in [0.29, 0.717) is 6.54 Å². The summed E-state index contributed by atoms with van der Waals surface area (Å²) in [7, 11) is 3.56. The molecule has 0 aliphatic rings. The summed E-state index contributed by atoms with van der Waals surface area (Å²) in [6.07, 6.45) is 1.68. The Kier molecular flexibility index (Phi) is 3.63. The van der Waals surface area contributed by atoms with Gasteiger partial charge in [0.05, 0.1) is 18.1 Å². The molecule has 0 fully saturated rings. The fourth-order valence-electron chi connectivity index (χ4n) is 1.42. The molecule has 0 bridgehead atoms. The maximum absolute atomic E-state index is 5.17. The Morgan fingerprint density at radius 3 is 2.88 bits per heavy atom. The van der Waals surface area contributed by atoms with Crippen LogP contribution in [0.25, 0.3) is 0 Å². The van der Waals surface area contributed by atoms with Crippen molar-refractivity contribution in [2.24, 2.45) is 7.05 Å². The second-order valence-corrected chi connectivity index (χ2v) is 4.42. The van der Waals surface area contributed by atoms with Gasteiger partial charge in [0.25, 0.3) is 0 Å². The number of aromatic nitrogens is 3. The first-order valence-electron chi connectivity index (χ1n) is 5.11. The van der Waals surface area contributed by atoms with Crippen LogP contribution in [0.5, 0.6) is 5.75 Å². The zero-order valence-corrected chi connectivity index (χ0v) is 11.2. The minimum Gasteiger partial charge on any atom is -0.496 e. The molecule has 1 aromatic carbocycles. The first kappa shape index (κ1) is 11.9. The molecule has 0 radical (unpaired) electrons. The molecule has 1 aromatic heterocycles. The summed E-state index contributed by atoms with van der Waals surface area (Å²) < 4.78 is 7.97. The molecule has 0 saturated carbocycles. The van der Waals surface area contributed by atoms with E-state index in [0.717, 1.165) is 21.7 Å². The quantitative estimate of drug-likeness (QED) is 0.940. The van der Waals surface area contributed by atoms with Crippen LogP contribution in [0.4, 0.5) is 5.69 Å². The van der Waals surface area contributed by atoms with E-state index >= 15 is 0 Å². The van der Waals surface area contributed by atoms with Gasteiger partial charge in [-0.25, -0.2) is 0 Å². The Hall–Kier alpha value is -1.56. The van der Waals surface area contributed by atoms with Crippen molar-refractivity contribution >= 4 is 21.6 Å². The first-order valence-corrected chi connectivity index (χ1v) is 5.90. The maximum Gasteiger partial charge on any atom is 0.151 e. The van der Waals surface area contributed by atoms with E-state index in [2.05, 4.69) is 31.4 Å². The fraction of sp³-hybridized carbons (Fsp3) is 0.273. The molecule has 0 unspecified atom stereocenters. The molecule has 2 aromatic rings. The van der Waals surface area contributed by atoms with Crippen molar-refractivity contribution < 1.29 is 4.74 Å². The van der Waals surface area contributed by atoms with Crippen LogP contribution in [-0.4, -0.2) is 21.9 Å². The number of benzene rings is 1. The lowest BCUT2D eigenvalue weighted by Crippen LogP contribution is -2.05. The van der Waals surface area contributed by atoms with Crippen LogP contribution in [0.1, 0.15) is 5.82 Å². The molecule has 0 aliphatic carbocycles. The number of methoxy groups -OCH3 is 1. The van der Waals surface area contributed by atoms with Crippen LogP contribution in [-0.2, 0) is 13.6 Å². The number of rotatable bonds is 4. The second-order valence-electron chi connectivity index (χ2n) is 3.56. The Bertz CT molecular complexity index is 512. The van der Waals surface area contributed by atoms with Gasteiger partial charge in [-0.1, -0.05) is 0 Å². The predicted octanol–water partition coefficient (Wildman–Crippen LogP) is 2.20. The number of nitrogens with one attached hydrogen (secondary N) is 1. The van der Waals surface area contributed by atoms with E-state index in [4.69, 9.17) is 4.74 Å². The standard InChI is InChI=1S/C11H13BrN4O/c1-16-7-14-15-11(16)6-13-8-3-4-10(17-2)9(12)5-8/h3-5,7,13H,6H2,1-2H3. The van der Waals surface area contributed by atoms with Crippen LogP contribution in [0.3, 0.4) is 0 Å². The summed E-state index contributed by atoms with van der Waals surface area (Å²) in [6.45, 7) is 0.634. The first-order chi connectivity index (χ1) is 8.20. The molecule has 1 N–H and O–H groups in total. The predicted molar refractivity (Wildman–Crippen MR) is 69.0 cm³/mol. The third kappa shape index (κ3) is 2.76. The lowest BCUT2D eigenvalue weighted by molar-refractivity contribution is 0.412. The van der Waals surface area contributed by atoms with Gasteiger partial charge in [0.15, 0.2) is 5.82 Å². The monoisotopic (exact) mass is 296 g/mol. The molecule has 0 atom stereocenters. The summed E-state index contributed by atoms with van der Waals surface area (Å²) in [5.74, 6) is 1.70. The smallest absolute Gasteiger partial charge is 0.151 e. The molecule has 0 saturated heterocycles. The van der Waals surface area contributed by atoms with Gasteiger partial charge in [-0.15, -0.1) is 10.2 Å². The Labute approximate surface area is 108 Å². The highest BCUT2D eigenvalue weighted by molar-refractivity contribution is 9.10. The summed E-state index contributed by atoms with van der Waals surface area (Å²) in [6, 6.07) is 5.83. The largest absolute Gasteiger partial charge is 0.496 e. The SMILES string of the molecule is COc1ccc(NCc2nncn2C)cc1Br. The zero-order valence-electron chi connectivity index (χ0n) is 9.64. The normalized spacial score (nSPS) is 10.3. The van der Waals surface area contributed by atoms with Crippen LogP contribution >= 0.6 is 15.9 Å². The van der Waals surface area contributed by atoms with Gasteiger partial charge in [0, 0.05) is 12.7 Å². The van der Waals surface area contributed by atoms with Gasteiger partial charge >= 0.3 is 0 Å².